The van der Waals surface area contributed by atoms with E-state index in [2.05, 4.69) is 15.2 Å². The van der Waals surface area contributed by atoms with Gasteiger partial charge in [0.2, 0.25) is 0 Å². The van der Waals surface area contributed by atoms with Crippen molar-refractivity contribution >= 4 is 17.9 Å². The first-order chi connectivity index (χ1) is 12.2. The second-order valence-corrected chi connectivity index (χ2v) is 5.46. The second-order valence-electron chi connectivity index (χ2n) is 5.46. The van der Waals surface area contributed by atoms with Crippen LogP contribution < -0.4 is 10.5 Å². The van der Waals surface area contributed by atoms with Crippen molar-refractivity contribution in [3.05, 3.63) is 77.0 Å². The number of methoxy groups -OCH3 is 1. The number of primary amides is 1. The predicted molar refractivity (Wildman–Crippen MR) is 96.6 cm³/mol. The third-order valence-corrected chi connectivity index (χ3v) is 3.74. The summed E-state index contributed by atoms with van der Waals surface area (Å²) < 4.78 is 5.12. The monoisotopic (exact) mass is 334 g/mol. The maximum absolute atomic E-state index is 11.9. The van der Waals surface area contributed by atoms with Crippen molar-refractivity contribution < 1.29 is 9.53 Å². The standard InChI is InChI=1S/C19H18N4O2/c1-25-15-9-7-14(8-10-15)12-21-19-17(18(20)24)16(22-23-19)11-13-5-3-2-4-6-13/h2-10,12H,11H2,1H3,(H2,20,24)(H,22,23). The molecule has 6 heteroatoms. The minimum Gasteiger partial charge on any atom is -0.497 e. The summed E-state index contributed by atoms with van der Waals surface area (Å²) in [5, 5.41) is 7.01. The largest absolute Gasteiger partial charge is 0.497 e. The van der Waals surface area contributed by atoms with Crippen LogP contribution >= 0.6 is 0 Å². The first-order valence-corrected chi connectivity index (χ1v) is 7.76. The number of nitrogens with zero attached hydrogens (tertiary/aromatic N) is 2. The van der Waals surface area contributed by atoms with Gasteiger partial charge in [0.05, 0.1) is 12.8 Å². The summed E-state index contributed by atoms with van der Waals surface area (Å²) in [7, 11) is 1.61. The minimum absolute atomic E-state index is 0.286. The number of aromatic nitrogens is 2. The van der Waals surface area contributed by atoms with Crippen molar-refractivity contribution in [3.63, 3.8) is 0 Å². The zero-order valence-electron chi connectivity index (χ0n) is 13.8. The lowest BCUT2D eigenvalue weighted by Gasteiger charge is -2.01. The average Bonchev–Trinajstić information content (AvgIpc) is 3.04. The van der Waals surface area contributed by atoms with Crippen molar-refractivity contribution in [2.45, 2.75) is 6.42 Å². The predicted octanol–water partition coefficient (Wildman–Crippen LogP) is 2.86. The lowest BCUT2D eigenvalue weighted by atomic mass is 10.1. The van der Waals surface area contributed by atoms with Crippen molar-refractivity contribution in [1.29, 1.82) is 0 Å². The fourth-order valence-electron chi connectivity index (χ4n) is 2.47. The molecule has 0 aliphatic carbocycles. The Balaban J connectivity index is 1.86. The van der Waals surface area contributed by atoms with E-state index in [1.165, 1.54) is 0 Å². The number of benzene rings is 2. The quantitative estimate of drug-likeness (QED) is 0.679. The van der Waals surface area contributed by atoms with E-state index in [-0.39, 0.29) is 5.82 Å². The van der Waals surface area contributed by atoms with Crippen LogP contribution in [0.1, 0.15) is 27.2 Å². The Bertz CT molecular complexity index is 884. The molecule has 1 heterocycles. The molecule has 126 valence electrons. The number of nitrogens with one attached hydrogen (secondary N) is 1. The molecule has 6 nitrogen and oxygen atoms in total. The molecule has 0 saturated carbocycles. The third-order valence-electron chi connectivity index (χ3n) is 3.74. The molecule has 3 aromatic rings. The van der Waals surface area contributed by atoms with E-state index >= 15 is 0 Å². The van der Waals surface area contributed by atoms with Gasteiger partial charge in [0, 0.05) is 12.6 Å². The fraction of sp³-hybridized carbons (Fsp3) is 0.105. The summed E-state index contributed by atoms with van der Waals surface area (Å²) in [5.74, 6) is 0.496. The van der Waals surface area contributed by atoms with E-state index in [1.54, 1.807) is 13.3 Å². The van der Waals surface area contributed by atoms with Gasteiger partial charge in [0.1, 0.15) is 11.3 Å². The van der Waals surface area contributed by atoms with Crippen molar-refractivity contribution in [2.24, 2.45) is 10.7 Å². The van der Waals surface area contributed by atoms with Gasteiger partial charge < -0.3 is 10.5 Å². The number of ether oxygens (including phenoxy) is 1. The van der Waals surface area contributed by atoms with Crippen LogP contribution in [-0.2, 0) is 6.42 Å². The molecular weight excluding hydrogens is 316 g/mol. The maximum atomic E-state index is 11.9. The van der Waals surface area contributed by atoms with Crippen LogP contribution in [0.3, 0.4) is 0 Å². The molecule has 0 radical (unpaired) electrons. The molecule has 0 atom stereocenters. The van der Waals surface area contributed by atoms with Crippen LogP contribution in [-0.4, -0.2) is 29.4 Å². The summed E-state index contributed by atoms with van der Waals surface area (Å²) in [6, 6.07) is 17.2. The molecule has 1 amide bonds. The summed E-state index contributed by atoms with van der Waals surface area (Å²) in [4.78, 5) is 16.2. The third kappa shape index (κ3) is 3.92. The highest BCUT2D eigenvalue weighted by Gasteiger charge is 2.17. The van der Waals surface area contributed by atoms with Crippen molar-refractivity contribution in [3.8, 4) is 5.75 Å². The molecule has 0 saturated heterocycles. The first-order valence-electron chi connectivity index (χ1n) is 7.76. The normalized spacial score (nSPS) is 10.9. The van der Waals surface area contributed by atoms with Crippen LogP contribution in [0.2, 0.25) is 0 Å². The van der Waals surface area contributed by atoms with Gasteiger partial charge in [-0.05, 0) is 35.4 Å². The topological polar surface area (TPSA) is 93.4 Å². The Morgan fingerprint density at radius 2 is 1.92 bits per heavy atom. The summed E-state index contributed by atoms with van der Waals surface area (Å²) >= 11 is 0. The highest BCUT2D eigenvalue weighted by molar-refractivity contribution is 5.99. The van der Waals surface area contributed by atoms with Gasteiger partial charge in [-0.3, -0.25) is 9.89 Å². The van der Waals surface area contributed by atoms with Gasteiger partial charge in [-0.25, -0.2) is 4.99 Å². The molecular formula is C19H18N4O2. The molecule has 0 aliphatic heterocycles. The minimum atomic E-state index is -0.554. The van der Waals surface area contributed by atoms with Gasteiger partial charge in [0.25, 0.3) is 5.91 Å². The Morgan fingerprint density at radius 3 is 2.56 bits per heavy atom. The van der Waals surface area contributed by atoms with Gasteiger partial charge in [0.15, 0.2) is 5.82 Å². The van der Waals surface area contributed by atoms with Crippen LogP contribution in [0.25, 0.3) is 0 Å². The van der Waals surface area contributed by atoms with E-state index in [4.69, 9.17) is 10.5 Å². The average molecular weight is 334 g/mol. The molecule has 3 rings (SSSR count). The maximum Gasteiger partial charge on any atom is 0.254 e. The van der Waals surface area contributed by atoms with Gasteiger partial charge in [-0.15, -0.1) is 0 Å². The highest BCUT2D eigenvalue weighted by Crippen LogP contribution is 2.22. The molecule has 0 spiro atoms. The van der Waals surface area contributed by atoms with E-state index in [9.17, 15) is 4.79 Å². The molecule has 0 aliphatic rings. The summed E-state index contributed by atoms with van der Waals surface area (Å²) in [6.07, 6.45) is 2.17. The zero-order chi connectivity index (χ0) is 17.6. The van der Waals surface area contributed by atoms with Crippen molar-refractivity contribution in [2.75, 3.05) is 7.11 Å². The zero-order valence-corrected chi connectivity index (χ0v) is 13.8. The van der Waals surface area contributed by atoms with Gasteiger partial charge in [-0.2, -0.15) is 5.10 Å². The smallest absolute Gasteiger partial charge is 0.254 e. The van der Waals surface area contributed by atoms with Crippen molar-refractivity contribution in [1.82, 2.24) is 10.2 Å². The molecule has 0 fully saturated rings. The van der Waals surface area contributed by atoms with E-state index in [1.807, 2.05) is 54.6 Å². The molecule has 3 N–H and O–H groups in total. The molecule has 2 aromatic carbocycles. The summed E-state index contributed by atoms with van der Waals surface area (Å²) in [6.45, 7) is 0. The number of amides is 1. The van der Waals surface area contributed by atoms with Crippen LogP contribution in [0.4, 0.5) is 5.82 Å². The van der Waals surface area contributed by atoms with Crippen LogP contribution in [0, 0.1) is 0 Å². The number of hydrogen-bond donors (Lipinski definition) is 2. The fourth-order valence-corrected chi connectivity index (χ4v) is 2.47. The number of H-pyrrole nitrogens is 1. The van der Waals surface area contributed by atoms with Gasteiger partial charge >= 0.3 is 0 Å². The number of nitrogens with two attached hydrogens (primary N) is 1. The number of aromatic amines is 1. The summed E-state index contributed by atoms with van der Waals surface area (Å²) in [5.41, 5.74) is 8.42. The Labute approximate surface area is 145 Å². The second kappa shape index (κ2) is 7.44. The molecule has 25 heavy (non-hydrogen) atoms. The van der Waals surface area contributed by atoms with E-state index in [0.717, 1.165) is 16.9 Å². The molecule has 1 aromatic heterocycles. The lowest BCUT2D eigenvalue weighted by Crippen LogP contribution is -2.13. The van der Waals surface area contributed by atoms with E-state index < -0.39 is 5.91 Å². The Kier molecular flexibility index (Phi) is 4.89. The Morgan fingerprint density at radius 1 is 1.20 bits per heavy atom. The SMILES string of the molecule is COc1ccc(C=Nc2n[nH]c(Cc3ccccc3)c2C(N)=O)cc1. The number of hydrogen-bond acceptors (Lipinski definition) is 4. The first kappa shape index (κ1) is 16.4. The number of rotatable bonds is 6. The lowest BCUT2D eigenvalue weighted by molar-refractivity contribution is 0.100. The number of carbonyl (C=O) groups is 1. The molecule has 0 unspecified atom stereocenters. The Hall–Kier alpha value is -3.41. The van der Waals surface area contributed by atoms with Gasteiger partial charge in [-0.1, -0.05) is 30.3 Å². The molecule has 0 bridgehead atoms. The van der Waals surface area contributed by atoms with Crippen LogP contribution in [0.5, 0.6) is 5.75 Å². The van der Waals surface area contributed by atoms with Crippen LogP contribution in [0.15, 0.2) is 59.6 Å². The highest BCUT2D eigenvalue weighted by atomic mass is 16.5. The number of carbonyl (C=O) groups excluding carboxylic acids is 1. The van der Waals surface area contributed by atoms with E-state index in [0.29, 0.717) is 17.7 Å². The number of aliphatic imine (C=N–C) groups is 1.